The zero-order chi connectivity index (χ0) is 18.2. The molecule has 0 spiro atoms. The number of rotatable bonds is 6. The monoisotopic (exact) mass is 340 g/mol. The average Bonchev–Trinajstić information content (AvgIpc) is 2.61. The molecule has 130 valence electrons. The number of aromatic hydroxyl groups is 1. The Kier molecular flexibility index (Phi) is 6.17. The Labute approximate surface area is 146 Å². The van der Waals surface area contributed by atoms with Gasteiger partial charge in [-0.3, -0.25) is 9.59 Å². The largest absolute Gasteiger partial charge is 0.508 e. The van der Waals surface area contributed by atoms with E-state index in [2.05, 4.69) is 5.32 Å². The molecule has 2 aromatic rings. The summed E-state index contributed by atoms with van der Waals surface area (Å²) in [7, 11) is 3.13. The second kappa shape index (κ2) is 8.54. The fraction of sp³-hybridized carbons (Fsp3) is 0.158. The van der Waals surface area contributed by atoms with Gasteiger partial charge in [0.2, 0.25) is 11.8 Å². The van der Waals surface area contributed by atoms with E-state index < -0.39 is 0 Å². The van der Waals surface area contributed by atoms with Crippen LogP contribution in [0.1, 0.15) is 5.56 Å². The van der Waals surface area contributed by atoms with Crippen LogP contribution in [0, 0.1) is 0 Å². The molecule has 6 heteroatoms. The minimum absolute atomic E-state index is 0.0812. The van der Waals surface area contributed by atoms with Crippen molar-refractivity contribution in [2.24, 2.45) is 0 Å². The maximum atomic E-state index is 12.1. The molecule has 0 heterocycles. The summed E-state index contributed by atoms with van der Waals surface area (Å²) in [6.07, 6.45) is 3.07. The minimum atomic E-state index is -0.323. The summed E-state index contributed by atoms with van der Waals surface area (Å²) in [6, 6.07) is 13.4. The number of nitrogens with one attached hydrogen (secondary N) is 1. The number of carbonyl (C=O) groups is 2. The lowest BCUT2D eigenvalue weighted by Gasteiger charge is -2.14. The summed E-state index contributed by atoms with van der Waals surface area (Å²) in [6.45, 7) is -0.0812. The third-order valence-corrected chi connectivity index (χ3v) is 3.42. The number of ether oxygens (including phenoxy) is 1. The number of amides is 2. The molecule has 0 aliphatic carbocycles. The van der Waals surface area contributed by atoms with Crippen LogP contribution in [0.3, 0.4) is 0 Å². The summed E-state index contributed by atoms with van der Waals surface area (Å²) >= 11 is 0. The van der Waals surface area contributed by atoms with Crippen molar-refractivity contribution in [1.29, 1.82) is 0 Å². The number of benzene rings is 2. The van der Waals surface area contributed by atoms with E-state index in [0.29, 0.717) is 11.4 Å². The minimum Gasteiger partial charge on any atom is -0.508 e. The quantitative estimate of drug-likeness (QED) is 0.626. The highest BCUT2D eigenvalue weighted by molar-refractivity contribution is 5.97. The van der Waals surface area contributed by atoms with E-state index in [9.17, 15) is 14.7 Å². The fourth-order valence-electron chi connectivity index (χ4n) is 2.08. The van der Waals surface area contributed by atoms with Crippen molar-refractivity contribution in [2.45, 2.75) is 0 Å². The molecular formula is C19H20N2O4. The molecule has 2 aromatic carbocycles. The van der Waals surface area contributed by atoms with E-state index >= 15 is 0 Å². The highest BCUT2D eigenvalue weighted by Gasteiger charge is 2.10. The van der Waals surface area contributed by atoms with E-state index in [4.69, 9.17) is 4.74 Å². The van der Waals surface area contributed by atoms with Crippen LogP contribution in [0.4, 0.5) is 5.69 Å². The second-order valence-electron chi connectivity index (χ2n) is 5.40. The van der Waals surface area contributed by atoms with Crippen LogP contribution < -0.4 is 10.1 Å². The van der Waals surface area contributed by atoms with Crippen molar-refractivity contribution in [3.8, 4) is 11.5 Å². The van der Waals surface area contributed by atoms with Gasteiger partial charge < -0.3 is 20.1 Å². The highest BCUT2D eigenvalue weighted by Crippen LogP contribution is 2.14. The number of hydrogen-bond acceptors (Lipinski definition) is 4. The zero-order valence-electron chi connectivity index (χ0n) is 14.1. The Morgan fingerprint density at radius 2 is 1.92 bits per heavy atom. The van der Waals surface area contributed by atoms with Crippen LogP contribution in [-0.2, 0) is 9.59 Å². The van der Waals surface area contributed by atoms with Crippen LogP contribution in [0.25, 0.3) is 6.08 Å². The Morgan fingerprint density at radius 1 is 1.20 bits per heavy atom. The lowest BCUT2D eigenvalue weighted by Crippen LogP contribution is -2.33. The van der Waals surface area contributed by atoms with Crippen molar-refractivity contribution in [3.05, 3.63) is 60.2 Å². The molecule has 6 nitrogen and oxygen atoms in total. The molecule has 2 N–H and O–H groups in total. The van der Waals surface area contributed by atoms with Crippen LogP contribution in [-0.4, -0.2) is 42.5 Å². The molecule has 0 unspecified atom stereocenters. The van der Waals surface area contributed by atoms with Crippen molar-refractivity contribution in [2.75, 3.05) is 26.0 Å². The van der Waals surface area contributed by atoms with Crippen LogP contribution in [0.15, 0.2) is 54.6 Å². The molecule has 0 aliphatic rings. The molecule has 2 amide bonds. The SMILES string of the molecule is COc1cccc(/C=C/C(=O)N(C)CC(=O)Nc2ccc(O)cc2)c1. The Hall–Kier alpha value is -3.28. The summed E-state index contributed by atoms with van der Waals surface area (Å²) in [5.41, 5.74) is 1.38. The summed E-state index contributed by atoms with van der Waals surface area (Å²) in [4.78, 5) is 25.4. The molecular weight excluding hydrogens is 320 g/mol. The van der Waals surface area contributed by atoms with Gasteiger partial charge in [0.15, 0.2) is 0 Å². The molecule has 0 saturated carbocycles. The van der Waals surface area contributed by atoms with Crippen molar-refractivity contribution in [1.82, 2.24) is 4.90 Å². The molecule has 2 rings (SSSR count). The second-order valence-corrected chi connectivity index (χ2v) is 5.40. The molecule has 0 atom stereocenters. The summed E-state index contributed by atoms with van der Waals surface area (Å²) in [5, 5.41) is 11.9. The predicted octanol–water partition coefficient (Wildman–Crippen LogP) is 2.51. The predicted molar refractivity (Wildman–Crippen MR) is 96.4 cm³/mol. The molecule has 0 aromatic heterocycles. The van der Waals surface area contributed by atoms with Gasteiger partial charge in [0.25, 0.3) is 0 Å². The average molecular weight is 340 g/mol. The number of phenolic OH excluding ortho intramolecular Hbond substituents is 1. The molecule has 25 heavy (non-hydrogen) atoms. The van der Waals surface area contributed by atoms with Gasteiger partial charge in [0.1, 0.15) is 11.5 Å². The maximum absolute atomic E-state index is 12.1. The van der Waals surface area contributed by atoms with Gasteiger partial charge in [-0.1, -0.05) is 12.1 Å². The van der Waals surface area contributed by atoms with E-state index in [0.717, 1.165) is 5.56 Å². The molecule has 0 aliphatic heterocycles. The third-order valence-electron chi connectivity index (χ3n) is 3.42. The number of anilines is 1. The number of likely N-dealkylation sites (N-methyl/N-ethyl adjacent to an activating group) is 1. The normalized spacial score (nSPS) is 10.5. The zero-order valence-corrected chi connectivity index (χ0v) is 14.1. The number of nitrogens with zero attached hydrogens (tertiary/aromatic N) is 1. The Bertz CT molecular complexity index is 769. The van der Waals surface area contributed by atoms with Crippen molar-refractivity contribution < 1.29 is 19.4 Å². The van der Waals surface area contributed by atoms with E-state index in [1.165, 1.54) is 23.1 Å². The highest BCUT2D eigenvalue weighted by atomic mass is 16.5. The van der Waals surface area contributed by atoms with Crippen molar-refractivity contribution >= 4 is 23.6 Å². The van der Waals surface area contributed by atoms with Crippen molar-refractivity contribution in [3.63, 3.8) is 0 Å². The number of carbonyl (C=O) groups excluding carboxylic acids is 2. The lowest BCUT2D eigenvalue weighted by molar-refractivity contribution is -0.129. The first-order valence-corrected chi connectivity index (χ1v) is 7.64. The first-order chi connectivity index (χ1) is 12.0. The number of phenols is 1. The molecule has 0 fully saturated rings. The molecule has 0 saturated heterocycles. The van der Waals surface area contributed by atoms with E-state index in [1.54, 1.807) is 38.4 Å². The summed E-state index contributed by atoms with van der Waals surface area (Å²) < 4.78 is 5.13. The molecule has 0 radical (unpaired) electrons. The molecule has 0 bridgehead atoms. The van der Waals surface area contributed by atoms with E-state index in [-0.39, 0.29) is 24.1 Å². The first kappa shape index (κ1) is 18.1. The first-order valence-electron chi connectivity index (χ1n) is 7.64. The van der Waals surface area contributed by atoms with Gasteiger partial charge in [-0.05, 0) is 48.0 Å². The van der Waals surface area contributed by atoms with Gasteiger partial charge in [-0.15, -0.1) is 0 Å². The van der Waals surface area contributed by atoms with Crippen LogP contribution in [0.2, 0.25) is 0 Å². The number of hydrogen-bond donors (Lipinski definition) is 2. The lowest BCUT2D eigenvalue weighted by atomic mass is 10.2. The van der Waals surface area contributed by atoms with Crippen LogP contribution in [0.5, 0.6) is 11.5 Å². The topological polar surface area (TPSA) is 78.9 Å². The third kappa shape index (κ3) is 5.69. The van der Waals surface area contributed by atoms with Gasteiger partial charge >= 0.3 is 0 Å². The standard InChI is InChI=1S/C19H20N2O4/c1-21(13-18(23)20-15-7-9-16(22)10-8-15)19(24)11-6-14-4-3-5-17(12-14)25-2/h3-12,22H,13H2,1-2H3,(H,20,23)/b11-6+. The van der Waals surface area contributed by atoms with E-state index in [1.807, 2.05) is 18.2 Å². The van der Waals surface area contributed by atoms with Gasteiger partial charge in [0.05, 0.1) is 13.7 Å². The Balaban J connectivity index is 1.89. The van der Waals surface area contributed by atoms with Gasteiger partial charge in [-0.25, -0.2) is 0 Å². The van der Waals surface area contributed by atoms with Gasteiger partial charge in [0, 0.05) is 18.8 Å². The van der Waals surface area contributed by atoms with Crippen LogP contribution >= 0.6 is 0 Å². The van der Waals surface area contributed by atoms with Gasteiger partial charge in [-0.2, -0.15) is 0 Å². The maximum Gasteiger partial charge on any atom is 0.246 e. The summed E-state index contributed by atoms with van der Waals surface area (Å²) in [5.74, 6) is 0.212. The smallest absolute Gasteiger partial charge is 0.246 e. The fourth-order valence-corrected chi connectivity index (χ4v) is 2.08. The number of methoxy groups -OCH3 is 1. The Morgan fingerprint density at radius 3 is 2.60 bits per heavy atom.